The highest BCUT2D eigenvalue weighted by molar-refractivity contribution is 6.07. The van der Waals surface area contributed by atoms with E-state index in [1.54, 1.807) is 48.5 Å². The average molecular weight is 485 g/mol. The van der Waals surface area contributed by atoms with E-state index in [9.17, 15) is 22.8 Å². The van der Waals surface area contributed by atoms with Crippen LogP contribution in [0.3, 0.4) is 0 Å². The van der Waals surface area contributed by atoms with Crippen LogP contribution in [0.2, 0.25) is 0 Å². The van der Waals surface area contributed by atoms with Crippen molar-refractivity contribution in [2.45, 2.75) is 37.5 Å². The summed E-state index contributed by atoms with van der Waals surface area (Å²) >= 11 is 0. The van der Waals surface area contributed by atoms with Crippen LogP contribution in [-0.2, 0) is 27.7 Å². The number of hydrogen-bond acceptors (Lipinski definition) is 5. The number of benzene rings is 2. The Labute approximate surface area is 199 Å². The number of methoxy groups -OCH3 is 1. The largest absolute Gasteiger partial charge is 0.497 e. The third-order valence-electron chi connectivity index (χ3n) is 6.74. The molecule has 3 aromatic rings. The van der Waals surface area contributed by atoms with E-state index in [2.05, 4.69) is 5.10 Å². The van der Waals surface area contributed by atoms with Crippen LogP contribution in [-0.4, -0.2) is 35.8 Å². The van der Waals surface area contributed by atoms with Crippen molar-refractivity contribution in [1.82, 2.24) is 9.78 Å². The molecule has 0 N–H and O–H groups in total. The predicted octanol–water partition coefficient (Wildman–Crippen LogP) is 4.65. The Hall–Kier alpha value is -3.82. The van der Waals surface area contributed by atoms with Crippen LogP contribution in [0.1, 0.15) is 46.6 Å². The molecule has 0 unspecified atom stereocenters. The van der Waals surface area contributed by atoms with E-state index in [4.69, 9.17) is 9.47 Å². The Kier molecular flexibility index (Phi) is 5.53. The number of halogens is 3. The van der Waals surface area contributed by atoms with Crippen LogP contribution >= 0.6 is 0 Å². The van der Waals surface area contributed by atoms with Gasteiger partial charge in [-0.3, -0.25) is 9.59 Å². The number of hydrogen-bond donors (Lipinski definition) is 0. The molecule has 1 aliphatic carbocycles. The summed E-state index contributed by atoms with van der Waals surface area (Å²) in [5, 5.41) is 3.81. The number of alkyl halides is 3. The van der Waals surface area contributed by atoms with Crippen LogP contribution in [0.4, 0.5) is 18.9 Å². The van der Waals surface area contributed by atoms with E-state index in [0.717, 1.165) is 29.5 Å². The molecule has 7 nitrogen and oxygen atoms in total. The summed E-state index contributed by atoms with van der Waals surface area (Å²) in [6, 6.07) is 13.3. The molecule has 0 atom stereocenters. The van der Waals surface area contributed by atoms with E-state index in [-0.39, 0.29) is 24.2 Å². The maximum Gasteiger partial charge on any atom is 0.435 e. The molecule has 2 heterocycles. The summed E-state index contributed by atoms with van der Waals surface area (Å²) in [6.07, 6.45) is -2.30. The van der Waals surface area contributed by atoms with Crippen LogP contribution in [0.15, 0.2) is 48.5 Å². The lowest BCUT2D eigenvalue weighted by molar-refractivity contribution is -0.155. The van der Waals surface area contributed by atoms with Crippen molar-refractivity contribution in [3.8, 4) is 11.4 Å². The zero-order valence-corrected chi connectivity index (χ0v) is 18.8. The molecule has 10 heteroatoms. The van der Waals surface area contributed by atoms with Gasteiger partial charge in [0, 0.05) is 17.8 Å². The van der Waals surface area contributed by atoms with Gasteiger partial charge in [-0.25, -0.2) is 4.68 Å². The Morgan fingerprint density at radius 3 is 2.23 bits per heavy atom. The van der Waals surface area contributed by atoms with Gasteiger partial charge in [0.25, 0.3) is 12.4 Å². The topological polar surface area (TPSA) is 73.7 Å². The molecule has 1 aliphatic heterocycles. The first-order valence-electron chi connectivity index (χ1n) is 11.1. The minimum Gasteiger partial charge on any atom is -0.497 e. The van der Waals surface area contributed by atoms with E-state index < -0.39 is 23.4 Å². The minimum atomic E-state index is -4.69. The summed E-state index contributed by atoms with van der Waals surface area (Å²) < 4.78 is 52.8. The summed E-state index contributed by atoms with van der Waals surface area (Å²) in [7, 11) is 1.48. The number of rotatable bonds is 6. The van der Waals surface area contributed by atoms with Crippen molar-refractivity contribution in [2.24, 2.45) is 0 Å². The van der Waals surface area contributed by atoms with E-state index in [0.29, 0.717) is 23.6 Å². The maximum absolute atomic E-state index is 13.8. The first-order valence-corrected chi connectivity index (χ1v) is 11.1. The zero-order chi connectivity index (χ0) is 24.8. The van der Waals surface area contributed by atoms with Gasteiger partial charge in [-0.05, 0) is 67.6 Å². The van der Waals surface area contributed by atoms with E-state index >= 15 is 0 Å². The quantitative estimate of drug-likeness (QED) is 0.475. The average Bonchev–Trinajstić information content (AvgIpc) is 3.23. The van der Waals surface area contributed by atoms with Crippen LogP contribution in [0.5, 0.6) is 5.75 Å². The molecule has 2 aliphatic rings. The summed E-state index contributed by atoms with van der Waals surface area (Å²) in [4.78, 5) is 25.9. The smallest absolute Gasteiger partial charge is 0.435 e. The zero-order valence-electron chi connectivity index (χ0n) is 18.8. The number of ether oxygens (including phenoxy) is 2. The van der Waals surface area contributed by atoms with Crippen molar-refractivity contribution >= 4 is 18.1 Å². The predicted molar refractivity (Wildman–Crippen MR) is 120 cm³/mol. The monoisotopic (exact) mass is 485 g/mol. The number of carbonyl (C=O) groups excluding carboxylic acids is 2. The highest BCUT2D eigenvalue weighted by atomic mass is 19.4. The number of amides is 1. The molecule has 0 saturated heterocycles. The number of aromatic nitrogens is 2. The molecular weight excluding hydrogens is 463 g/mol. The third kappa shape index (κ3) is 3.82. The van der Waals surface area contributed by atoms with Gasteiger partial charge < -0.3 is 14.4 Å². The first-order chi connectivity index (χ1) is 16.8. The minimum absolute atomic E-state index is 0.00597. The van der Waals surface area contributed by atoms with Gasteiger partial charge >= 0.3 is 6.18 Å². The second-order valence-corrected chi connectivity index (χ2v) is 8.60. The van der Waals surface area contributed by atoms with Crippen molar-refractivity contribution < 1.29 is 32.2 Å². The van der Waals surface area contributed by atoms with Gasteiger partial charge in [0.1, 0.15) is 17.0 Å². The van der Waals surface area contributed by atoms with Crippen molar-refractivity contribution in [3.63, 3.8) is 0 Å². The molecule has 182 valence electrons. The second kappa shape index (κ2) is 8.44. The molecular formula is C25H22F3N3O4. The fraction of sp³-hybridized carbons (Fsp3) is 0.320. The fourth-order valence-corrected chi connectivity index (χ4v) is 4.75. The summed E-state index contributed by atoms with van der Waals surface area (Å²) in [5.41, 5.74) is -0.232. The maximum atomic E-state index is 13.8. The molecule has 0 spiro atoms. The lowest BCUT2D eigenvalue weighted by atomic mass is 9.75. The molecule has 2 aromatic carbocycles. The van der Waals surface area contributed by atoms with Gasteiger partial charge in [0.05, 0.1) is 12.8 Å². The number of carbonyl (C=O) groups is 2. The highest BCUT2D eigenvalue weighted by Gasteiger charge is 2.44. The Balaban J connectivity index is 1.52. The molecule has 5 rings (SSSR count). The lowest BCUT2D eigenvalue weighted by Gasteiger charge is -2.40. The molecule has 0 radical (unpaired) electrons. The van der Waals surface area contributed by atoms with Gasteiger partial charge in [0.2, 0.25) is 0 Å². The van der Waals surface area contributed by atoms with Crippen LogP contribution < -0.4 is 9.64 Å². The Morgan fingerprint density at radius 2 is 1.69 bits per heavy atom. The summed E-state index contributed by atoms with van der Waals surface area (Å²) in [5.74, 6) is -0.0398. The lowest BCUT2D eigenvalue weighted by Crippen LogP contribution is -2.39. The molecule has 1 amide bonds. The van der Waals surface area contributed by atoms with Crippen molar-refractivity contribution in [1.29, 1.82) is 0 Å². The fourth-order valence-electron chi connectivity index (χ4n) is 4.75. The molecule has 0 bridgehead atoms. The molecule has 1 saturated carbocycles. The van der Waals surface area contributed by atoms with Crippen LogP contribution in [0, 0.1) is 0 Å². The highest BCUT2D eigenvalue weighted by Crippen LogP contribution is 2.45. The molecule has 1 aromatic heterocycles. The van der Waals surface area contributed by atoms with Gasteiger partial charge in [-0.2, -0.15) is 18.3 Å². The number of anilines is 1. The van der Waals surface area contributed by atoms with Gasteiger partial charge in [0.15, 0.2) is 5.69 Å². The normalized spacial score (nSPS) is 16.9. The Bertz CT molecular complexity index is 1260. The number of nitrogens with zero attached hydrogens (tertiary/aromatic N) is 3. The van der Waals surface area contributed by atoms with E-state index in [1.807, 2.05) is 0 Å². The van der Waals surface area contributed by atoms with Crippen molar-refractivity contribution in [3.05, 3.63) is 71.0 Å². The first kappa shape index (κ1) is 22.9. The Morgan fingerprint density at radius 1 is 1.03 bits per heavy atom. The SMILES string of the molecule is COc1ccc(-n2nc(C(F)(F)F)c3c2C(=O)N(c2ccc(C4(OC=O)CCC4)cc2)CC3)cc1. The standard InChI is InChI=1S/C25H22F3N3O4/c1-34-19-9-7-18(8-10-19)31-21-20(22(29-31)25(26,27)28)11-14-30(23(21)33)17-5-3-16(4-6-17)24(35-15-32)12-2-13-24/h3-10,15H,2,11-14H2,1H3. The van der Waals surface area contributed by atoms with Gasteiger partial charge in [-0.15, -0.1) is 0 Å². The second-order valence-electron chi connectivity index (χ2n) is 8.60. The number of fused-ring (bicyclic) bond motifs is 1. The third-order valence-corrected chi connectivity index (χ3v) is 6.74. The van der Waals surface area contributed by atoms with Crippen molar-refractivity contribution in [2.75, 3.05) is 18.6 Å². The summed E-state index contributed by atoms with van der Waals surface area (Å²) in [6.45, 7) is 0.528. The van der Waals surface area contributed by atoms with Crippen LogP contribution in [0.25, 0.3) is 5.69 Å². The van der Waals surface area contributed by atoms with Gasteiger partial charge in [-0.1, -0.05) is 12.1 Å². The van der Waals surface area contributed by atoms with E-state index in [1.165, 1.54) is 12.0 Å². The molecule has 1 fully saturated rings. The molecule has 35 heavy (non-hydrogen) atoms.